The van der Waals surface area contributed by atoms with E-state index in [-0.39, 0.29) is 35.3 Å². The van der Waals surface area contributed by atoms with Crippen LogP contribution in [0.25, 0.3) is 0 Å². The molecule has 8 atom stereocenters. The van der Waals surface area contributed by atoms with Crippen LogP contribution in [0.1, 0.15) is 67.4 Å². The van der Waals surface area contributed by atoms with Crippen LogP contribution >= 0.6 is 29.8 Å². The van der Waals surface area contributed by atoms with Gasteiger partial charge in [0.05, 0.1) is 27.4 Å². The number of aliphatic hydroxyl groups excluding tert-OH is 2. The Hall–Kier alpha value is -7.79. The second-order valence-electron chi connectivity index (χ2n) is 19.8. The maximum Gasteiger partial charge on any atom is 0.394 e. The van der Waals surface area contributed by atoms with Gasteiger partial charge in [-0.15, -0.1) is 0 Å². The summed E-state index contributed by atoms with van der Waals surface area (Å²) in [6, 6.07) is 45.5. The van der Waals surface area contributed by atoms with Gasteiger partial charge >= 0.3 is 18.2 Å². The molecule has 0 amide bonds. The molecule has 2 aliphatic rings. The summed E-state index contributed by atoms with van der Waals surface area (Å²) in [5.74, 6) is -0.689. The van der Waals surface area contributed by atoms with E-state index < -0.39 is 96.3 Å². The summed E-state index contributed by atoms with van der Waals surface area (Å²) >= 11 is 6.95. The lowest BCUT2D eigenvalue weighted by molar-refractivity contribution is -0.0930. The highest BCUT2D eigenvalue weighted by molar-refractivity contribution is 8.55. The predicted octanol–water partition coefficient (Wildman–Crippen LogP) is 7.92. The standard InChI is InChI=1S/C61H56ClN4O16PS/c1-37-33-63(59(73)65(54(37)69)56(71)39-14-8-5-9-15-39)51-32-48(49(80-51)35-78-61(41-18-12-7-13-19-41,42-20-26-45(76-3)27-21-42)43-22-28-46(77-4)29-23-43)82-83(75,84-47-30-24-44(62)25-31-47)79-36-50-52(67)53(68)58(81-50)64-34-38(2)55(70)66(60(64)74)57(72)40-16-10-6-11-17-40/h5-31,33-34,48-53,58,67-68H,32,35-36H2,1-4H3/t48-,49+,50+,51+,52+,53+,58+,83?/m0/s1. The lowest BCUT2D eigenvalue weighted by Gasteiger charge is -2.37. The van der Waals surface area contributed by atoms with E-state index in [4.69, 9.17) is 44.3 Å². The molecular weight excluding hydrogens is 1140 g/mol. The van der Waals surface area contributed by atoms with Gasteiger partial charge < -0.3 is 33.9 Å². The maximum atomic E-state index is 15.8. The molecule has 84 heavy (non-hydrogen) atoms. The molecular formula is C61H56ClN4O16PS. The van der Waals surface area contributed by atoms with Crippen molar-refractivity contribution >= 4 is 41.6 Å². The molecule has 20 nitrogen and oxygen atoms in total. The summed E-state index contributed by atoms with van der Waals surface area (Å²) < 4.78 is 62.9. The van der Waals surface area contributed by atoms with Gasteiger partial charge in [-0.25, -0.2) is 14.2 Å². The number of carbonyl (C=O) groups excluding carboxylic acids is 2. The van der Waals surface area contributed by atoms with Crippen LogP contribution in [0.2, 0.25) is 5.02 Å². The summed E-state index contributed by atoms with van der Waals surface area (Å²) in [7, 11) is 3.09. The van der Waals surface area contributed by atoms with E-state index in [1.54, 1.807) is 99.1 Å². The van der Waals surface area contributed by atoms with Crippen molar-refractivity contribution in [3.05, 3.63) is 262 Å². The SMILES string of the molecule is COc1ccc(C(OC[C@H]2O[C@@H](n3cc(C)c(=O)n(C(=O)c4ccccc4)c3=O)C[C@@H]2OP(=O)(OC[C@H]2O[C@@H](n3cc(C)c(=O)n(C(=O)c4ccccc4)c3=O)[C@H](O)[C@@H]2O)Sc2ccc(Cl)cc2)(c2ccccc2)c2ccc(OC)cc2)cc1. The number of rotatable bonds is 19. The second kappa shape index (κ2) is 25.2. The number of hydrogen-bond donors (Lipinski definition) is 2. The number of aromatic nitrogens is 4. The molecule has 0 saturated carbocycles. The molecule has 2 saturated heterocycles. The van der Waals surface area contributed by atoms with Gasteiger partial charge in [0.15, 0.2) is 6.23 Å². The Balaban J connectivity index is 1.04. The molecule has 0 bridgehead atoms. The third kappa shape index (κ3) is 12.0. The molecule has 2 aliphatic heterocycles. The first kappa shape index (κ1) is 59.4. The smallest absolute Gasteiger partial charge is 0.394 e. The van der Waals surface area contributed by atoms with Gasteiger partial charge in [0.25, 0.3) is 22.9 Å². The largest absolute Gasteiger partial charge is 0.497 e. The van der Waals surface area contributed by atoms with E-state index >= 15 is 4.57 Å². The van der Waals surface area contributed by atoms with Crippen molar-refractivity contribution in [1.82, 2.24) is 18.3 Å². The maximum absolute atomic E-state index is 15.8. The number of nitrogens with zero attached hydrogens (tertiary/aromatic N) is 4. The summed E-state index contributed by atoms with van der Waals surface area (Å²) in [6.07, 6.45) is -8.69. The summed E-state index contributed by atoms with van der Waals surface area (Å²) in [6.45, 7) is -3.01. The average molecular weight is 1200 g/mol. The zero-order valence-corrected chi connectivity index (χ0v) is 48.0. The van der Waals surface area contributed by atoms with Gasteiger partial charge in [0.1, 0.15) is 53.8 Å². The van der Waals surface area contributed by atoms with Gasteiger partial charge in [-0.3, -0.25) is 37.4 Å². The van der Waals surface area contributed by atoms with E-state index in [1.165, 1.54) is 44.3 Å². The van der Waals surface area contributed by atoms with Gasteiger partial charge in [0.2, 0.25) is 0 Å². The number of carbonyl (C=O) groups is 2. The van der Waals surface area contributed by atoms with Crippen molar-refractivity contribution in [2.75, 3.05) is 27.4 Å². The van der Waals surface area contributed by atoms with Gasteiger partial charge in [-0.05, 0) is 115 Å². The van der Waals surface area contributed by atoms with Crippen molar-refractivity contribution in [2.45, 2.75) is 73.7 Å². The third-order valence-electron chi connectivity index (χ3n) is 14.5. The third-order valence-corrected chi connectivity index (χ3v) is 18.3. The zero-order valence-electron chi connectivity index (χ0n) is 45.5. The van der Waals surface area contributed by atoms with Crippen LogP contribution in [0.5, 0.6) is 11.5 Å². The van der Waals surface area contributed by atoms with E-state index in [0.717, 1.165) is 15.3 Å². The minimum absolute atomic E-state index is 0.0173. The topological polar surface area (TPSA) is 244 Å². The van der Waals surface area contributed by atoms with E-state index in [2.05, 4.69) is 0 Å². The fourth-order valence-electron chi connectivity index (χ4n) is 10.1. The van der Waals surface area contributed by atoms with E-state index in [0.29, 0.717) is 58.6 Å². The molecule has 8 aromatic rings. The van der Waals surface area contributed by atoms with Crippen LogP contribution in [0.3, 0.4) is 0 Å². The number of aryl methyl sites for hydroxylation is 2. The lowest BCUT2D eigenvalue weighted by Crippen LogP contribution is -2.47. The molecule has 2 aromatic heterocycles. The van der Waals surface area contributed by atoms with Crippen LogP contribution in [-0.2, 0) is 33.4 Å². The van der Waals surface area contributed by atoms with Crippen LogP contribution < -0.4 is 32.0 Å². The summed E-state index contributed by atoms with van der Waals surface area (Å²) in [5, 5.41) is 23.4. The Labute approximate surface area is 489 Å². The Kier molecular flexibility index (Phi) is 17.8. The normalized spacial score (nSPS) is 20.3. The van der Waals surface area contributed by atoms with Crippen molar-refractivity contribution in [3.8, 4) is 11.5 Å². The van der Waals surface area contributed by atoms with Gasteiger partial charge in [-0.1, -0.05) is 103 Å². The summed E-state index contributed by atoms with van der Waals surface area (Å²) in [5.41, 5.74) is -3.40. The highest BCUT2D eigenvalue weighted by atomic mass is 35.5. The molecule has 23 heteroatoms. The lowest BCUT2D eigenvalue weighted by atomic mass is 9.80. The molecule has 2 N–H and O–H groups in total. The predicted molar refractivity (Wildman–Crippen MR) is 310 cm³/mol. The van der Waals surface area contributed by atoms with E-state index in [1.807, 2.05) is 54.6 Å². The minimum Gasteiger partial charge on any atom is -0.497 e. The number of ether oxygens (including phenoxy) is 5. The Morgan fingerprint density at radius 2 is 1.10 bits per heavy atom. The second-order valence-corrected chi connectivity index (χ2v) is 24.1. The molecule has 434 valence electrons. The average Bonchev–Trinajstić information content (AvgIpc) is 2.23. The fourth-order valence-corrected chi connectivity index (χ4v) is 13.7. The number of hydrogen-bond acceptors (Lipinski definition) is 17. The first-order chi connectivity index (χ1) is 40.4. The molecule has 6 aromatic carbocycles. The molecule has 10 rings (SSSR count). The minimum atomic E-state index is -4.70. The number of halogens is 1. The van der Waals surface area contributed by atoms with Gasteiger partial charge in [0, 0.05) is 51.0 Å². The molecule has 0 spiro atoms. The highest BCUT2D eigenvalue weighted by Crippen LogP contribution is 2.66. The summed E-state index contributed by atoms with van der Waals surface area (Å²) in [4.78, 5) is 83.6. The van der Waals surface area contributed by atoms with Gasteiger partial charge in [-0.2, -0.15) is 9.13 Å². The quantitative estimate of drug-likeness (QED) is 0.0577. The first-order valence-electron chi connectivity index (χ1n) is 26.4. The molecule has 0 aliphatic carbocycles. The van der Waals surface area contributed by atoms with Crippen LogP contribution in [-0.4, -0.2) is 98.2 Å². The molecule has 0 radical (unpaired) electrons. The Morgan fingerprint density at radius 1 is 0.619 bits per heavy atom. The first-order valence-corrected chi connectivity index (χ1v) is 29.7. The van der Waals surface area contributed by atoms with Crippen LogP contribution in [0.15, 0.2) is 200 Å². The van der Waals surface area contributed by atoms with Crippen LogP contribution in [0, 0.1) is 13.8 Å². The van der Waals surface area contributed by atoms with Crippen LogP contribution in [0.4, 0.5) is 0 Å². The van der Waals surface area contributed by atoms with E-state index in [9.17, 15) is 39.0 Å². The monoisotopic (exact) mass is 1200 g/mol. The van der Waals surface area contributed by atoms with Crippen molar-refractivity contribution in [2.24, 2.45) is 0 Å². The van der Waals surface area contributed by atoms with Crippen molar-refractivity contribution in [3.63, 3.8) is 0 Å². The number of benzene rings is 6. The number of methoxy groups -OCH3 is 2. The number of aliphatic hydroxyl groups is 2. The fraction of sp³-hybridized carbons (Fsp3) is 0.246. The highest BCUT2D eigenvalue weighted by Gasteiger charge is 2.49. The van der Waals surface area contributed by atoms with Crippen molar-refractivity contribution in [1.29, 1.82) is 0 Å². The molecule has 4 heterocycles. The Bertz CT molecular complexity index is 3930. The van der Waals surface area contributed by atoms with Crippen molar-refractivity contribution < 1.29 is 57.1 Å². The molecule has 1 unspecified atom stereocenters. The Morgan fingerprint density at radius 3 is 1.61 bits per heavy atom. The molecule has 2 fully saturated rings. The zero-order chi connectivity index (χ0) is 59.5.